The number of anilines is 1. The van der Waals surface area contributed by atoms with E-state index in [1.54, 1.807) is 24.3 Å². The number of carbonyl (C=O) groups is 2. The maximum Gasteiger partial charge on any atom is 0.328 e. The van der Waals surface area contributed by atoms with Gasteiger partial charge in [-0.1, -0.05) is 39.8 Å². The third-order valence-electron chi connectivity index (χ3n) is 4.86. The average molecular weight is 287 g/mol. The van der Waals surface area contributed by atoms with Gasteiger partial charge < -0.3 is 10.4 Å². The van der Waals surface area contributed by atoms with Crippen molar-refractivity contribution in [3.8, 4) is 0 Å². The second kappa shape index (κ2) is 5.02. The van der Waals surface area contributed by atoms with Crippen LogP contribution in [0.4, 0.5) is 5.69 Å². The first-order valence-corrected chi connectivity index (χ1v) is 6.98. The summed E-state index contributed by atoms with van der Waals surface area (Å²) in [4.78, 5) is 22.9. The zero-order chi connectivity index (χ0) is 15.8. The predicted molar refractivity (Wildman–Crippen MR) is 82.8 cm³/mol. The summed E-state index contributed by atoms with van der Waals surface area (Å²) >= 11 is 0. The fraction of sp³-hybridized carbons (Fsp3) is 0.412. The molecule has 1 amide bonds. The van der Waals surface area contributed by atoms with Crippen LogP contribution in [0, 0.1) is 16.7 Å². The fourth-order valence-corrected chi connectivity index (χ4v) is 2.95. The number of rotatable bonds is 4. The van der Waals surface area contributed by atoms with E-state index in [4.69, 9.17) is 5.11 Å². The van der Waals surface area contributed by atoms with Crippen LogP contribution in [0.1, 0.15) is 33.3 Å². The molecule has 0 bridgehead atoms. The van der Waals surface area contributed by atoms with Crippen molar-refractivity contribution in [1.82, 2.24) is 0 Å². The third kappa shape index (κ3) is 2.84. The van der Waals surface area contributed by atoms with Crippen LogP contribution >= 0.6 is 0 Å². The lowest BCUT2D eigenvalue weighted by Crippen LogP contribution is -2.17. The van der Waals surface area contributed by atoms with E-state index in [-0.39, 0.29) is 22.7 Å². The minimum atomic E-state index is -0.995. The molecule has 4 nitrogen and oxygen atoms in total. The molecule has 0 aliphatic heterocycles. The Hall–Kier alpha value is -2.10. The minimum absolute atomic E-state index is 0.00208. The normalized spacial score (nSPS) is 19.4. The molecule has 0 saturated heterocycles. The van der Waals surface area contributed by atoms with E-state index in [1.165, 1.54) is 6.08 Å². The minimum Gasteiger partial charge on any atom is -0.478 e. The van der Waals surface area contributed by atoms with Crippen LogP contribution in [-0.2, 0) is 9.59 Å². The SMILES string of the molecule is CC1(C)C(C(=O)Nc2cccc(/C=C/C(=O)O)c2)C1(C)C. The number of carbonyl (C=O) groups excluding carboxylic acids is 1. The summed E-state index contributed by atoms with van der Waals surface area (Å²) in [5, 5.41) is 11.6. The molecule has 0 spiro atoms. The summed E-state index contributed by atoms with van der Waals surface area (Å²) in [5.74, 6) is -0.987. The van der Waals surface area contributed by atoms with Gasteiger partial charge in [0, 0.05) is 17.7 Å². The molecule has 112 valence electrons. The van der Waals surface area contributed by atoms with Crippen LogP contribution in [0.3, 0.4) is 0 Å². The molecule has 0 atom stereocenters. The van der Waals surface area contributed by atoms with Gasteiger partial charge in [0.15, 0.2) is 0 Å². The second-order valence-corrected chi connectivity index (χ2v) is 6.66. The lowest BCUT2D eigenvalue weighted by molar-refractivity contribution is -0.131. The molecule has 1 saturated carbocycles. The van der Waals surface area contributed by atoms with Gasteiger partial charge in [0.25, 0.3) is 0 Å². The van der Waals surface area contributed by atoms with Crippen molar-refractivity contribution in [1.29, 1.82) is 0 Å². The molecule has 1 aromatic carbocycles. The molecule has 0 heterocycles. The average Bonchev–Trinajstić information content (AvgIpc) is 2.77. The highest BCUT2D eigenvalue weighted by molar-refractivity contribution is 5.96. The number of benzene rings is 1. The smallest absolute Gasteiger partial charge is 0.328 e. The number of amides is 1. The molecule has 21 heavy (non-hydrogen) atoms. The molecular formula is C17H21NO3. The highest BCUT2D eigenvalue weighted by Gasteiger charge is 2.68. The number of carboxylic acids is 1. The van der Waals surface area contributed by atoms with Gasteiger partial charge in [0.1, 0.15) is 0 Å². The van der Waals surface area contributed by atoms with Crippen LogP contribution < -0.4 is 5.32 Å². The molecule has 0 unspecified atom stereocenters. The zero-order valence-corrected chi connectivity index (χ0v) is 12.8. The monoisotopic (exact) mass is 287 g/mol. The van der Waals surface area contributed by atoms with Crippen molar-refractivity contribution < 1.29 is 14.7 Å². The first kappa shape index (κ1) is 15.3. The quantitative estimate of drug-likeness (QED) is 0.834. The number of carboxylic acid groups (broad SMARTS) is 1. The summed E-state index contributed by atoms with van der Waals surface area (Å²) < 4.78 is 0. The number of nitrogens with one attached hydrogen (secondary N) is 1. The maximum absolute atomic E-state index is 12.4. The first-order chi connectivity index (χ1) is 9.66. The Balaban J connectivity index is 2.09. The predicted octanol–water partition coefficient (Wildman–Crippen LogP) is 3.41. The Morgan fingerprint density at radius 3 is 2.33 bits per heavy atom. The standard InChI is InChI=1S/C17H21NO3/c1-16(2)14(17(16,3)4)15(21)18-12-7-5-6-11(10-12)8-9-13(19)20/h5-10,14H,1-4H3,(H,18,21)(H,19,20)/b9-8+. The number of aliphatic carboxylic acids is 1. The van der Waals surface area contributed by atoms with Gasteiger partial charge in [0.2, 0.25) is 5.91 Å². The van der Waals surface area contributed by atoms with E-state index in [2.05, 4.69) is 33.0 Å². The molecule has 2 N–H and O–H groups in total. The summed E-state index contributed by atoms with van der Waals surface area (Å²) in [6, 6.07) is 7.15. The topological polar surface area (TPSA) is 66.4 Å². The van der Waals surface area contributed by atoms with Crippen molar-refractivity contribution in [3.05, 3.63) is 35.9 Å². The van der Waals surface area contributed by atoms with E-state index in [9.17, 15) is 9.59 Å². The van der Waals surface area contributed by atoms with Gasteiger partial charge in [-0.15, -0.1) is 0 Å². The largest absolute Gasteiger partial charge is 0.478 e. The Kier molecular flexibility index (Phi) is 3.66. The molecule has 1 aliphatic rings. The van der Waals surface area contributed by atoms with Crippen LogP contribution in [0.15, 0.2) is 30.3 Å². The van der Waals surface area contributed by atoms with Gasteiger partial charge in [-0.25, -0.2) is 4.79 Å². The van der Waals surface area contributed by atoms with E-state index < -0.39 is 5.97 Å². The zero-order valence-electron chi connectivity index (χ0n) is 12.8. The summed E-state index contributed by atoms with van der Waals surface area (Å²) in [7, 11) is 0. The van der Waals surface area contributed by atoms with Crippen LogP contribution in [0.2, 0.25) is 0 Å². The van der Waals surface area contributed by atoms with Crippen molar-refractivity contribution >= 4 is 23.6 Å². The van der Waals surface area contributed by atoms with E-state index in [0.717, 1.165) is 11.6 Å². The van der Waals surface area contributed by atoms with Crippen molar-refractivity contribution in [2.45, 2.75) is 27.7 Å². The summed E-state index contributed by atoms with van der Waals surface area (Å²) in [5.41, 5.74) is 1.42. The molecule has 1 fully saturated rings. The van der Waals surface area contributed by atoms with Gasteiger partial charge in [-0.2, -0.15) is 0 Å². The number of hydrogen-bond donors (Lipinski definition) is 2. The Morgan fingerprint density at radius 2 is 1.81 bits per heavy atom. The highest BCUT2D eigenvalue weighted by Crippen LogP contribution is 2.68. The molecule has 1 aromatic rings. The number of hydrogen-bond acceptors (Lipinski definition) is 2. The molecule has 0 aromatic heterocycles. The highest BCUT2D eigenvalue weighted by atomic mass is 16.4. The van der Waals surface area contributed by atoms with Gasteiger partial charge in [-0.05, 0) is 34.6 Å². The van der Waals surface area contributed by atoms with Gasteiger partial charge >= 0.3 is 5.97 Å². The van der Waals surface area contributed by atoms with E-state index in [0.29, 0.717) is 5.69 Å². The molecular weight excluding hydrogens is 266 g/mol. The molecule has 0 radical (unpaired) electrons. The Bertz CT molecular complexity index is 600. The third-order valence-corrected chi connectivity index (χ3v) is 4.86. The van der Waals surface area contributed by atoms with Crippen molar-refractivity contribution in [3.63, 3.8) is 0 Å². The molecule has 4 heteroatoms. The van der Waals surface area contributed by atoms with Crippen LogP contribution in [0.25, 0.3) is 6.08 Å². The summed E-state index contributed by atoms with van der Waals surface area (Å²) in [6.45, 7) is 8.40. The molecule has 2 rings (SSSR count). The Labute approximate surface area is 124 Å². The van der Waals surface area contributed by atoms with Crippen molar-refractivity contribution in [2.24, 2.45) is 16.7 Å². The van der Waals surface area contributed by atoms with Crippen LogP contribution in [0.5, 0.6) is 0 Å². The molecule has 1 aliphatic carbocycles. The fourth-order valence-electron chi connectivity index (χ4n) is 2.95. The van der Waals surface area contributed by atoms with E-state index in [1.807, 2.05) is 0 Å². The second-order valence-electron chi connectivity index (χ2n) is 6.66. The lowest BCUT2D eigenvalue weighted by atomic mass is 10.0. The van der Waals surface area contributed by atoms with Crippen molar-refractivity contribution in [2.75, 3.05) is 5.32 Å². The van der Waals surface area contributed by atoms with Gasteiger partial charge in [0.05, 0.1) is 0 Å². The Morgan fingerprint density at radius 1 is 1.19 bits per heavy atom. The van der Waals surface area contributed by atoms with Gasteiger partial charge in [-0.3, -0.25) is 4.79 Å². The summed E-state index contributed by atoms with van der Waals surface area (Å²) in [6.07, 6.45) is 2.58. The van der Waals surface area contributed by atoms with E-state index >= 15 is 0 Å². The lowest BCUT2D eigenvalue weighted by Gasteiger charge is -2.07. The van der Waals surface area contributed by atoms with Crippen LogP contribution in [-0.4, -0.2) is 17.0 Å². The maximum atomic E-state index is 12.4. The first-order valence-electron chi connectivity index (χ1n) is 6.98.